The second kappa shape index (κ2) is 7.75. The van der Waals surface area contributed by atoms with Crippen molar-refractivity contribution in [3.8, 4) is 34.3 Å². The summed E-state index contributed by atoms with van der Waals surface area (Å²) < 4.78 is 22.3. The normalized spacial score (nSPS) is 12.0. The summed E-state index contributed by atoms with van der Waals surface area (Å²) in [6.45, 7) is 0.330. The number of rotatable bonds is 5. The molecule has 0 unspecified atom stereocenters. The van der Waals surface area contributed by atoms with Gasteiger partial charge in [-0.3, -0.25) is 0 Å². The predicted molar refractivity (Wildman–Crippen MR) is 109 cm³/mol. The van der Waals surface area contributed by atoms with Crippen molar-refractivity contribution in [3.63, 3.8) is 0 Å². The summed E-state index contributed by atoms with van der Waals surface area (Å²) in [4.78, 5) is 17.3. The smallest absolute Gasteiger partial charge is 0.361 e. The SMILES string of the molecule is O=C(OCc1ccccc1)c1nc(-c2ccc3c(c2)OCO3)oc1-c1ccccc1. The standard InChI is InChI=1S/C24H17NO5/c26-24(27-14-16-7-3-1-4-8-16)21-22(17-9-5-2-6-10-17)30-23(25-21)18-11-12-19-20(13-18)29-15-28-19/h1-13H,14-15H2. The average Bonchev–Trinajstić information content (AvgIpc) is 3.45. The number of nitrogens with zero attached hydrogens (tertiary/aromatic N) is 1. The molecule has 0 aliphatic carbocycles. The molecule has 0 amide bonds. The first-order valence-corrected chi connectivity index (χ1v) is 9.45. The van der Waals surface area contributed by atoms with Crippen molar-refractivity contribution < 1.29 is 23.4 Å². The van der Waals surface area contributed by atoms with Crippen LogP contribution in [0.2, 0.25) is 0 Å². The van der Waals surface area contributed by atoms with Crippen LogP contribution in [0.1, 0.15) is 16.1 Å². The molecule has 0 bridgehead atoms. The van der Waals surface area contributed by atoms with E-state index < -0.39 is 5.97 Å². The molecule has 3 aromatic carbocycles. The minimum absolute atomic E-state index is 0.129. The number of hydrogen-bond donors (Lipinski definition) is 0. The van der Waals surface area contributed by atoms with E-state index >= 15 is 0 Å². The van der Waals surface area contributed by atoms with E-state index in [-0.39, 0.29) is 19.1 Å². The van der Waals surface area contributed by atoms with Crippen LogP contribution in [-0.4, -0.2) is 17.7 Å². The van der Waals surface area contributed by atoms with Crippen molar-refractivity contribution in [1.29, 1.82) is 0 Å². The first kappa shape index (κ1) is 18.0. The van der Waals surface area contributed by atoms with Crippen LogP contribution >= 0.6 is 0 Å². The zero-order chi connectivity index (χ0) is 20.3. The molecule has 1 aromatic heterocycles. The molecule has 0 N–H and O–H groups in total. The van der Waals surface area contributed by atoms with Crippen LogP contribution < -0.4 is 9.47 Å². The van der Waals surface area contributed by atoms with Gasteiger partial charge in [0.1, 0.15) is 6.61 Å². The first-order chi connectivity index (χ1) is 14.8. The van der Waals surface area contributed by atoms with E-state index in [4.69, 9.17) is 18.6 Å². The van der Waals surface area contributed by atoms with E-state index in [2.05, 4.69) is 4.98 Å². The second-order valence-corrected chi connectivity index (χ2v) is 6.69. The fraction of sp³-hybridized carbons (Fsp3) is 0.0833. The highest BCUT2D eigenvalue weighted by Crippen LogP contribution is 2.37. The van der Waals surface area contributed by atoms with Crippen molar-refractivity contribution in [1.82, 2.24) is 4.98 Å². The van der Waals surface area contributed by atoms with E-state index in [1.165, 1.54) is 0 Å². The number of esters is 1. The van der Waals surface area contributed by atoms with E-state index in [0.29, 0.717) is 28.7 Å². The molecule has 0 spiro atoms. The Balaban J connectivity index is 1.49. The molecule has 4 aromatic rings. The van der Waals surface area contributed by atoms with Gasteiger partial charge < -0.3 is 18.6 Å². The summed E-state index contributed by atoms with van der Waals surface area (Å²) in [7, 11) is 0. The largest absolute Gasteiger partial charge is 0.456 e. The van der Waals surface area contributed by atoms with Crippen LogP contribution in [0.3, 0.4) is 0 Å². The lowest BCUT2D eigenvalue weighted by molar-refractivity contribution is 0.0467. The van der Waals surface area contributed by atoms with Crippen LogP contribution in [0, 0.1) is 0 Å². The number of carbonyl (C=O) groups is 1. The van der Waals surface area contributed by atoms with Gasteiger partial charge in [-0.05, 0) is 23.8 Å². The van der Waals surface area contributed by atoms with Gasteiger partial charge in [0.05, 0.1) is 0 Å². The third-order valence-electron chi connectivity index (χ3n) is 4.69. The van der Waals surface area contributed by atoms with Gasteiger partial charge in [-0.25, -0.2) is 9.78 Å². The van der Waals surface area contributed by atoms with E-state index in [1.807, 2.05) is 66.7 Å². The Labute approximate surface area is 172 Å². The zero-order valence-corrected chi connectivity index (χ0v) is 15.9. The predicted octanol–water partition coefficient (Wildman–Crippen LogP) is 5.09. The lowest BCUT2D eigenvalue weighted by atomic mass is 10.1. The Kier molecular flexibility index (Phi) is 4.65. The zero-order valence-electron chi connectivity index (χ0n) is 15.9. The summed E-state index contributed by atoms with van der Waals surface area (Å²) in [5.41, 5.74) is 2.44. The molecule has 0 fully saturated rings. The molecule has 6 heteroatoms. The quantitative estimate of drug-likeness (QED) is 0.435. The molecule has 0 atom stereocenters. The summed E-state index contributed by atoms with van der Waals surface area (Å²) in [6.07, 6.45) is 0. The Morgan fingerprint density at radius 3 is 2.40 bits per heavy atom. The number of hydrogen-bond acceptors (Lipinski definition) is 6. The van der Waals surface area contributed by atoms with Crippen molar-refractivity contribution in [2.24, 2.45) is 0 Å². The van der Waals surface area contributed by atoms with E-state index in [0.717, 1.165) is 11.1 Å². The lowest BCUT2D eigenvalue weighted by Gasteiger charge is -2.04. The lowest BCUT2D eigenvalue weighted by Crippen LogP contribution is -2.07. The monoisotopic (exact) mass is 399 g/mol. The maximum absolute atomic E-state index is 12.9. The van der Waals surface area contributed by atoms with Crippen LogP contribution in [-0.2, 0) is 11.3 Å². The van der Waals surface area contributed by atoms with Gasteiger partial charge >= 0.3 is 5.97 Å². The molecule has 1 aliphatic rings. The number of benzene rings is 3. The summed E-state index contributed by atoms with van der Waals surface area (Å²) >= 11 is 0. The maximum atomic E-state index is 12.9. The molecule has 0 radical (unpaired) electrons. The number of aromatic nitrogens is 1. The Morgan fingerprint density at radius 2 is 1.60 bits per heavy atom. The molecule has 5 rings (SSSR count). The third kappa shape index (κ3) is 3.51. The van der Waals surface area contributed by atoms with Gasteiger partial charge in [0.25, 0.3) is 0 Å². The number of fused-ring (bicyclic) bond motifs is 1. The van der Waals surface area contributed by atoms with Crippen molar-refractivity contribution >= 4 is 5.97 Å². The molecule has 0 saturated carbocycles. The van der Waals surface area contributed by atoms with Crippen molar-refractivity contribution in [3.05, 3.63) is 90.1 Å². The van der Waals surface area contributed by atoms with E-state index in [1.54, 1.807) is 12.1 Å². The van der Waals surface area contributed by atoms with Crippen molar-refractivity contribution in [2.45, 2.75) is 6.61 Å². The Morgan fingerprint density at radius 1 is 0.867 bits per heavy atom. The fourth-order valence-corrected chi connectivity index (χ4v) is 3.19. The summed E-state index contributed by atoms with van der Waals surface area (Å²) in [5, 5.41) is 0. The Hall–Kier alpha value is -4.06. The van der Waals surface area contributed by atoms with Gasteiger partial charge in [-0.1, -0.05) is 60.7 Å². The highest BCUT2D eigenvalue weighted by atomic mass is 16.7. The van der Waals surface area contributed by atoms with Gasteiger partial charge in [0.15, 0.2) is 23.0 Å². The van der Waals surface area contributed by atoms with Crippen LogP contribution in [0.15, 0.2) is 83.3 Å². The molecular formula is C24H17NO5. The minimum atomic E-state index is -0.548. The number of carbonyl (C=O) groups excluding carboxylic acids is 1. The van der Waals surface area contributed by atoms with Crippen molar-refractivity contribution in [2.75, 3.05) is 6.79 Å². The van der Waals surface area contributed by atoms with E-state index in [9.17, 15) is 4.79 Å². The maximum Gasteiger partial charge on any atom is 0.361 e. The van der Waals surface area contributed by atoms with Gasteiger partial charge in [-0.15, -0.1) is 0 Å². The van der Waals surface area contributed by atoms with Gasteiger partial charge in [0, 0.05) is 11.1 Å². The first-order valence-electron chi connectivity index (χ1n) is 9.45. The highest BCUT2D eigenvalue weighted by Gasteiger charge is 2.24. The minimum Gasteiger partial charge on any atom is -0.456 e. The molecule has 30 heavy (non-hydrogen) atoms. The molecular weight excluding hydrogens is 382 g/mol. The summed E-state index contributed by atoms with van der Waals surface area (Å²) in [6, 6.07) is 24.2. The number of oxazole rings is 1. The average molecular weight is 399 g/mol. The van der Waals surface area contributed by atoms with Gasteiger partial charge in [-0.2, -0.15) is 0 Å². The van der Waals surface area contributed by atoms with Gasteiger partial charge in [0.2, 0.25) is 12.7 Å². The molecule has 1 aliphatic heterocycles. The molecule has 2 heterocycles. The molecule has 0 saturated heterocycles. The second-order valence-electron chi connectivity index (χ2n) is 6.69. The van der Waals surface area contributed by atoms with Crippen LogP contribution in [0.25, 0.3) is 22.8 Å². The summed E-state index contributed by atoms with van der Waals surface area (Å²) in [5.74, 6) is 1.39. The third-order valence-corrected chi connectivity index (χ3v) is 4.69. The topological polar surface area (TPSA) is 70.8 Å². The fourth-order valence-electron chi connectivity index (χ4n) is 3.19. The Bertz CT molecular complexity index is 1180. The van der Waals surface area contributed by atoms with Crippen LogP contribution in [0.4, 0.5) is 0 Å². The molecule has 148 valence electrons. The molecule has 6 nitrogen and oxygen atoms in total. The number of ether oxygens (including phenoxy) is 3. The van der Waals surface area contributed by atoms with Crippen LogP contribution in [0.5, 0.6) is 11.5 Å². The highest BCUT2D eigenvalue weighted by molar-refractivity contribution is 5.94.